The third kappa shape index (κ3) is 1.92. The smallest absolute Gasteiger partial charge is 0.253 e. The van der Waals surface area contributed by atoms with Gasteiger partial charge < -0.3 is 5.32 Å². The number of halogens is 1. The van der Waals surface area contributed by atoms with Crippen molar-refractivity contribution in [3.8, 4) is 0 Å². The molecular formula is C16H21BrN2O. The second-order valence-corrected chi connectivity index (χ2v) is 7.82. The van der Waals surface area contributed by atoms with Crippen molar-refractivity contribution in [2.75, 3.05) is 0 Å². The summed E-state index contributed by atoms with van der Waals surface area (Å²) in [4.78, 5) is 16.5. The van der Waals surface area contributed by atoms with Crippen molar-refractivity contribution in [3.63, 3.8) is 0 Å². The summed E-state index contributed by atoms with van der Waals surface area (Å²) in [6.45, 7) is 7.06. The average molecular weight is 337 g/mol. The summed E-state index contributed by atoms with van der Waals surface area (Å²) in [5.74, 6) is 0.736. The quantitative estimate of drug-likeness (QED) is 0.835. The van der Waals surface area contributed by atoms with Crippen molar-refractivity contribution >= 4 is 21.8 Å². The van der Waals surface area contributed by atoms with Crippen molar-refractivity contribution in [1.29, 1.82) is 0 Å². The molecule has 2 aliphatic carbocycles. The van der Waals surface area contributed by atoms with Gasteiger partial charge in [0.2, 0.25) is 0 Å². The Morgan fingerprint density at radius 1 is 1.40 bits per heavy atom. The van der Waals surface area contributed by atoms with E-state index in [0.717, 1.165) is 16.9 Å². The van der Waals surface area contributed by atoms with Gasteiger partial charge >= 0.3 is 0 Å². The minimum Gasteiger partial charge on any atom is -0.349 e. The summed E-state index contributed by atoms with van der Waals surface area (Å²) in [6, 6.07) is 3.90. The van der Waals surface area contributed by atoms with Crippen LogP contribution in [0.3, 0.4) is 0 Å². The fourth-order valence-electron chi connectivity index (χ4n) is 4.17. The number of amides is 1. The fraction of sp³-hybridized carbons (Fsp3) is 0.625. The van der Waals surface area contributed by atoms with E-state index in [-0.39, 0.29) is 17.4 Å². The number of nitrogens with zero attached hydrogens (tertiary/aromatic N) is 1. The lowest BCUT2D eigenvalue weighted by Crippen LogP contribution is -2.46. The molecule has 20 heavy (non-hydrogen) atoms. The number of rotatable bonds is 2. The molecule has 0 spiro atoms. The van der Waals surface area contributed by atoms with Crippen LogP contribution in [0.5, 0.6) is 0 Å². The van der Waals surface area contributed by atoms with Gasteiger partial charge in [-0.2, -0.15) is 0 Å². The first-order chi connectivity index (χ1) is 9.34. The van der Waals surface area contributed by atoms with E-state index < -0.39 is 0 Å². The maximum atomic E-state index is 12.4. The van der Waals surface area contributed by atoms with Crippen molar-refractivity contribution in [2.24, 2.45) is 16.7 Å². The summed E-state index contributed by atoms with van der Waals surface area (Å²) >= 11 is 3.29. The predicted octanol–water partition coefficient (Wildman–Crippen LogP) is 3.79. The Morgan fingerprint density at radius 2 is 2.15 bits per heavy atom. The van der Waals surface area contributed by atoms with Crippen LogP contribution >= 0.6 is 15.9 Å². The first-order valence-electron chi connectivity index (χ1n) is 7.27. The molecule has 0 saturated heterocycles. The standard InChI is InChI=1S/C16H21BrN2O/c1-15(2)11-6-7-16(15,3)12(8-11)19-14(20)10-4-5-13(17)18-9-10/h4-5,9,11-12H,6-8H2,1-3H3,(H,19,20). The lowest BCUT2D eigenvalue weighted by molar-refractivity contribution is 0.0826. The van der Waals surface area contributed by atoms with Crippen LogP contribution in [0.1, 0.15) is 50.4 Å². The van der Waals surface area contributed by atoms with Crippen LogP contribution in [0.4, 0.5) is 0 Å². The lowest BCUT2D eigenvalue weighted by atomic mass is 9.69. The number of hydrogen-bond acceptors (Lipinski definition) is 2. The van der Waals surface area contributed by atoms with E-state index >= 15 is 0 Å². The molecule has 0 aromatic carbocycles. The van der Waals surface area contributed by atoms with Gasteiger partial charge in [0.15, 0.2) is 0 Å². The van der Waals surface area contributed by atoms with Gasteiger partial charge in [-0.15, -0.1) is 0 Å². The number of pyridine rings is 1. The minimum atomic E-state index is -0.000394. The van der Waals surface area contributed by atoms with Gasteiger partial charge in [0, 0.05) is 12.2 Å². The van der Waals surface area contributed by atoms with Gasteiger partial charge in [0.1, 0.15) is 4.60 Å². The molecule has 3 unspecified atom stereocenters. The van der Waals surface area contributed by atoms with E-state index in [9.17, 15) is 4.79 Å². The molecule has 2 aliphatic rings. The number of carbonyl (C=O) groups is 1. The molecule has 2 fully saturated rings. The number of fused-ring (bicyclic) bond motifs is 2. The number of aromatic nitrogens is 1. The summed E-state index contributed by atoms with van der Waals surface area (Å²) in [7, 11) is 0. The second-order valence-electron chi connectivity index (χ2n) is 7.01. The number of nitrogens with one attached hydrogen (secondary N) is 1. The van der Waals surface area contributed by atoms with Crippen LogP contribution in [-0.4, -0.2) is 16.9 Å². The number of hydrogen-bond donors (Lipinski definition) is 1. The Labute approximate surface area is 128 Å². The van der Waals surface area contributed by atoms with Gasteiger partial charge in [-0.25, -0.2) is 4.98 Å². The highest BCUT2D eigenvalue weighted by Crippen LogP contribution is 2.65. The fourth-order valence-corrected chi connectivity index (χ4v) is 4.41. The second kappa shape index (κ2) is 4.55. The summed E-state index contributed by atoms with van der Waals surface area (Å²) in [6.07, 6.45) is 5.25. The zero-order chi connectivity index (χ0) is 14.5. The molecular weight excluding hydrogens is 316 g/mol. The molecule has 1 amide bonds. The summed E-state index contributed by atoms with van der Waals surface area (Å²) in [5, 5.41) is 3.25. The SMILES string of the molecule is CC1(C)C2CCC1(C)C(NC(=O)c1ccc(Br)nc1)C2. The lowest BCUT2D eigenvalue weighted by Gasteiger charge is -2.39. The van der Waals surface area contributed by atoms with E-state index in [1.54, 1.807) is 12.3 Å². The van der Waals surface area contributed by atoms with E-state index in [1.807, 2.05) is 6.07 Å². The number of carbonyl (C=O) groups excluding carboxylic acids is 1. The van der Waals surface area contributed by atoms with Gasteiger partial charge in [0.25, 0.3) is 5.91 Å². The van der Waals surface area contributed by atoms with Gasteiger partial charge in [-0.3, -0.25) is 4.79 Å². The highest BCUT2D eigenvalue weighted by atomic mass is 79.9. The van der Waals surface area contributed by atoms with Crippen molar-refractivity contribution in [2.45, 2.75) is 46.1 Å². The minimum absolute atomic E-state index is 0.000394. The van der Waals surface area contributed by atoms with E-state index in [2.05, 4.69) is 47.0 Å². The molecule has 2 bridgehead atoms. The normalized spacial score (nSPS) is 34.2. The molecule has 1 aromatic heterocycles. The van der Waals surface area contributed by atoms with Crippen LogP contribution in [0.25, 0.3) is 0 Å². The van der Waals surface area contributed by atoms with E-state index in [1.165, 1.54) is 12.8 Å². The third-order valence-electron chi connectivity index (χ3n) is 6.09. The van der Waals surface area contributed by atoms with Gasteiger partial charge in [-0.1, -0.05) is 20.8 Å². The first kappa shape index (κ1) is 14.1. The zero-order valence-electron chi connectivity index (χ0n) is 12.2. The molecule has 1 aromatic rings. The topological polar surface area (TPSA) is 42.0 Å². The van der Waals surface area contributed by atoms with Crippen molar-refractivity contribution in [3.05, 3.63) is 28.5 Å². The molecule has 3 rings (SSSR count). The largest absolute Gasteiger partial charge is 0.349 e. The van der Waals surface area contributed by atoms with Crippen LogP contribution < -0.4 is 5.32 Å². The van der Waals surface area contributed by atoms with E-state index in [0.29, 0.717) is 11.0 Å². The Balaban J connectivity index is 1.76. The molecule has 0 aliphatic heterocycles. The average Bonchev–Trinajstić information content (AvgIpc) is 2.72. The molecule has 1 N–H and O–H groups in total. The summed E-state index contributed by atoms with van der Waals surface area (Å²) in [5.41, 5.74) is 1.18. The summed E-state index contributed by atoms with van der Waals surface area (Å²) < 4.78 is 0.752. The molecule has 1 heterocycles. The van der Waals surface area contributed by atoms with Crippen LogP contribution in [-0.2, 0) is 0 Å². The van der Waals surface area contributed by atoms with Gasteiger partial charge in [-0.05, 0) is 64.1 Å². The maximum Gasteiger partial charge on any atom is 0.253 e. The Kier molecular flexibility index (Phi) is 3.20. The Hall–Kier alpha value is -0.900. The van der Waals surface area contributed by atoms with Crippen LogP contribution in [0, 0.1) is 16.7 Å². The Morgan fingerprint density at radius 3 is 2.65 bits per heavy atom. The van der Waals surface area contributed by atoms with Crippen LogP contribution in [0.2, 0.25) is 0 Å². The highest BCUT2D eigenvalue weighted by Gasteiger charge is 2.61. The molecule has 3 nitrogen and oxygen atoms in total. The van der Waals surface area contributed by atoms with Crippen molar-refractivity contribution < 1.29 is 4.79 Å². The monoisotopic (exact) mass is 336 g/mol. The zero-order valence-corrected chi connectivity index (χ0v) is 13.8. The highest BCUT2D eigenvalue weighted by molar-refractivity contribution is 9.10. The molecule has 4 heteroatoms. The van der Waals surface area contributed by atoms with Crippen LogP contribution in [0.15, 0.2) is 22.9 Å². The van der Waals surface area contributed by atoms with Gasteiger partial charge in [0.05, 0.1) is 5.56 Å². The predicted molar refractivity (Wildman–Crippen MR) is 82.4 cm³/mol. The molecule has 2 saturated carbocycles. The molecule has 3 atom stereocenters. The maximum absolute atomic E-state index is 12.4. The molecule has 108 valence electrons. The van der Waals surface area contributed by atoms with E-state index in [4.69, 9.17) is 0 Å². The Bertz CT molecular complexity index is 540. The van der Waals surface area contributed by atoms with Crippen molar-refractivity contribution in [1.82, 2.24) is 10.3 Å². The first-order valence-corrected chi connectivity index (χ1v) is 8.06. The third-order valence-corrected chi connectivity index (χ3v) is 6.56. The molecule has 0 radical (unpaired) electrons.